The van der Waals surface area contributed by atoms with Gasteiger partial charge in [-0.1, -0.05) is 0 Å². The third kappa shape index (κ3) is 3.34. The molecule has 0 radical (unpaired) electrons. The number of nitro groups is 2. The molecule has 0 amide bonds. The maximum atomic E-state index is 11.1. The van der Waals surface area contributed by atoms with Crippen LogP contribution in [-0.2, 0) is 0 Å². The van der Waals surface area contributed by atoms with E-state index >= 15 is 0 Å². The van der Waals surface area contributed by atoms with Gasteiger partial charge in [0.15, 0.2) is 0 Å². The highest BCUT2D eigenvalue weighted by Gasteiger charge is 2.20. The smallest absolute Gasteiger partial charge is 0.299 e. The Morgan fingerprint density at radius 3 is 2.09 bits per heavy atom. The van der Waals surface area contributed by atoms with Crippen LogP contribution in [0.15, 0.2) is 39.3 Å². The Bertz CT molecular complexity index is 758. The van der Waals surface area contributed by atoms with Gasteiger partial charge in [0.1, 0.15) is 11.4 Å². The molecule has 0 aliphatic rings. The number of nitrogens with one attached hydrogen (secondary N) is 1. The number of anilines is 2. The average molecular weight is 433 g/mol. The van der Waals surface area contributed by atoms with Crippen LogP contribution >= 0.6 is 31.9 Å². The predicted octanol–water partition coefficient (Wildman–Crippen LogP) is 4.48. The van der Waals surface area contributed by atoms with Gasteiger partial charge in [0.05, 0.1) is 24.9 Å². The van der Waals surface area contributed by atoms with Crippen molar-refractivity contribution in [2.45, 2.75) is 0 Å². The van der Waals surface area contributed by atoms with Gasteiger partial charge in [0.25, 0.3) is 11.4 Å². The molecule has 0 fully saturated rings. The summed E-state index contributed by atoms with van der Waals surface area (Å²) in [5, 5.41) is 34.2. The SMILES string of the molecule is O=[N+]([O-])c1ccc(Nc2cc(Br)c(O)c(Br)c2)c([N+](=O)[O-])c1. The normalized spacial score (nSPS) is 10.3. The second kappa shape index (κ2) is 6.28. The molecule has 114 valence electrons. The van der Waals surface area contributed by atoms with Crippen molar-refractivity contribution >= 4 is 54.6 Å². The molecule has 2 N–H and O–H groups in total. The van der Waals surface area contributed by atoms with Gasteiger partial charge >= 0.3 is 0 Å². The molecule has 0 saturated heterocycles. The summed E-state index contributed by atoms with van der Waals surface area (Å²) in [4.78, 5) is 20.3. The van der Waals surface area contributed by atoms with Crippen LogP contribution in [-0.4, -0.2) is 15.0 Å². The first-order valence-electron chi connectivity index (χ1n) is 5.67. The Morgan fingerprint density at radius 2 is 1.59 bits per heavy atom. The summed E-state index contributed by atoms with van der Waals surface area (Å²) in [5.41, 5.74) is -0.242. The molecule has 0 spiro atoms. The monoisotopic (exact) mass is 431 g/mol. The minimum absolute atomic E-state index is 0.0104. The topological polar surface area (TPSA) is 119 Å². The summed E-state index contributed by atoms with van der Waals surface area (Å²) >= 11 is 6.29. The molecule has 10 heteroatoms. The second-order valence-electron chi connectivity index (χ2n) is 4.13. The number of phenols is 1. The lowest BCUT2D eigenvalue weighted by Crippen LogP contribution is -1.99. The number of aromatic hydroxyl groups is 1. The van der Waals surface area contributed by atoms with Gasteiger partial charge in [-0.25, -0.2) is 0 Å². The molecule has 8 nitrogen and oxygen atoms in total. The lowest BCUT2D eigenvalue weighted by atomic mass is 10.2. The van der Waals surface area contributed by atoms with Crippen LogP contribution in [0, 0.1) is 20.2 Å². The standard InChI is InChI=1S/C12H7Br2N3O5/c13-8-3-6(4-9(14)12(8)18)15-10-2-1-7(16(19)20)5-11(10)17(21)22/h1-5,15,18H. The first-order chi connectivity index (χ1) is 10.3. The number of hydrogen-bond donors (Lipinski definition) is 2. The zero-order valence-corrected chi connectivity index (χ0v) is 13.8. The molecule has 0 atom stereocenters. The van der Waals surface area contributed by atoms with Gasteiger partial charge in [-0.2, -0.15) is 0 Å². The molecule has 0 unspecified atom stereocenters. The Balaban J connectivity index is 2.45. The van der Waals surface area contributed by atoms with E-state index in [1.54, 1.807) is 0 Å². The summed E-state index contributed by atoms with van der Waals surface area (Å²) < 4.78 is 0.767. The third-order valence-corrected chi connectivity index (χ3v) is 3.89. The van der Waals surface area contributed by atoms with E-state index in [0.29, 0.717) is 14.6 Å². The van der Waals surface area contributed by atoms with E-state index in [4.69, 9.17) is 0 Å². The van der Waals surface area contributed by atoms with Crippen LogP contribution in [0.3, 0.4) is 0 Å². The van der Waals surface area contributed by atoms with Crippen LogP contribution < -0.4 is 5.32 Å². The lowest BCUT2D eigenvalue weighted by Gasteiger charge is -2.09. The quantitative estimate of drug-likeness (QED) is 0.417. The molecule has 2 rings (SSSR count). The van der Waals surface area contributed by atoms with Crippen LogP contribution in [0.25, 0.3) is 0 Å². The number of nitro benzene ring substituents is 2. The summed E-state index contributed by atoms with van der Waals surface area (Å²) in [5.74, 6) is -0.0104. The molecule has 0 aromatic heterocycles. The minimum Gasteiger partial charge on any atom is -0.506 e. The Kier molecular flexibility index (Phi) is 4.62. The van der Waals surface area contributed by atoms with Crippen LogP contribution in [0.2, 0.25) is 0 Å². The van der Waals surface area contributed by atoms with E-state index in [1.807, 2.05) is 0 Å². The molecule has 0 aliphatic heterocycles. The number of benzene rings is 2. The summed E-state index contributed by atoms with van der Waals surface area (Å²) in [6.07, 6.45) is 0. The zero-order chi connectivity index (χ0) is 16.4. The lowest BCUT2D eigenvalue weighted by molar-refractivity contribution is -0.393. The molecular weight excluding hydrogens is 426 g/mol. The molecule has 2 aromatic rings. The van der Waals surface area contributed by atoms with E-state index in [1.165, 1.54) is 24.3 Å². The van der Waals surface area contributed by atoms with Gasteiger partial charge < -0.3 is 10.4 Å². The van der Waals surface area contributed by atoms with Gasteiger partial charge in [0, 0.05) is 11.8 Å². The third-order valence-electron chi connectivity index (χ3n) is 2.68. The molecule has 0 bridgehead atoms. The van der Waals surface area contributed by atoms with Crippen molar-refractivity contribution in [3.8, 4) is 5.75 Å². The maximum Gasteiger partial charge on any atom is 0.299 e. The van der Waals surface area contributed by atoms with Crippen molar-refractivity contribution in [2.75, 3.05) is 5.32 Å². The maximum absolute atomic E-state index is 11.1. The van der Waals surface area contributed by atoms with Crippen molar-refractivity contribution in [1.82, 2.24) is 0 Å². The molecular formula is C12H7Br2N3O5. The highest BCUT2D eigenvalue weighted by Crippen LogP contribution is 2.38. The Labute approximate surface area is 140 Å². The van der Waals surface area contributed by atoms with E-state index in [0.717, 1.165) is 6.07 Å². The van der Waals surface area contributed by atoms with E-state index in [9.17, 15) is 25.3 Å². The zero-order valence-electron chi connectivity index (χ0n) is 10.6. The second-order valence-corrected chi connectivity index (χ2v) is 5.84. The molecule has 22 heavy (non-hydrogen) atoms. The summed E-state index contributed by atoms with van der Waals surface area (Å²) in [6, 6.07) is 6.34. The fraction of sp³-hybridized carbons (Fsp3) is 0. The van der Waals surface area contributed by atoms with E-state index < -0.39 is 15.5 Å². The highest BCUT2D eigenvalue weighted by atomic mass is 79.9. The van der Waals surface area contributed by atoms with E-state index in [2.05, 4.69) is 37.2 Å². The Hall–Kier alpha value is -2.20. The number of nitrogens with zero attached hydrogens (tertiary/aromatic N) is 2. The van der Waals surface area contributed by atoms with E-state index in [-0.39, 0.29) is 17.1 Å². The fourth-order valence-corrected chi connectivity index (χ4v) is 2.87. The fourth-order valence-electron chi connectivity index (χ4n) is 1.68. The van der Waals surface area contributed by atoms with Gasteiger partial charge in [-0.3, -0.25) is 20.2 Å². The van der Waals surface area contributed by atoms with Crippen LogP contribution in [0.4, 0.5) is 22.7 Å². The first-order valence-corrected chi connectivity index (χ1v) is 7.26. The summed E-state index contributed by atoms with van der Waals surface area (Å²) in [6.45, 7) is 0. The molecule has 0 saturated carbocycles. The summed E-state index contributed by atoms with van der Waals surface area (Å²) in [7, 11) is 0. The van der Waals surface area contributed by atoms with Gasteiger partial charge in [0.2, 0.25) is 0 Å². The molecule has 2 aromatic carbocycles. The van der Waals surface area contributed by atoms with Crippen molar-refractivity contribution in [2.24, 2.45) is 0 Å². The minimum atomic E-state index is -0.708. The van der Waals surface area contributed by atoms with Gasteiger partial charge in [-0.05, 0) is 50.1 Å². The predicted molar refractivity (Wildman–Crippen MR) is 86.5 cm³/mol. The van der Waals surface area contributed by atoms with Crippen LogP contribution in [0.1, 0.15) is 0 Å². The molecule has 0 heterocycles. The number of hydrogen-bond acceptors (Lipinski definition) is 6. The van der Waals surface area contributed by atoms with Gasteiger partial charge in [-0.15, -0.1) is 0 Å². The Morgan fingerprint density at radius 1 is 1.00 bits per heavy atom. The van der Waals surface area contributed by atoms with Crippen molar-refractivity contribution in [1.29, 1.82) is 0 Å². The van der Waals surface area contributed by atoms with Crippen molar-refractivity contribution in [3.63, 3.8) is 0 Å². The highest BCUT2D eigenvalue weighted by molar-refractivity contribution is 9.11. The number of halogens is 2. The van der Waals surface area contributed by atoms with Crippen molar-refractivity contribution in [3.05, 3.63) is 59.5 Å². The number of rotatable bonds is 4. The number of phenolic OH excluding ortho intramolecular Hbond substituents is 1. The number of non-ortho nitro benzene ring substituents is 1. The largest absolute Gasteiger partial charge is 0.506 e. The van der Waals surface area contributed by atoms with Crippen LogP contribution in [0.5, 0.6) is 5.75 Å². The molecule has 0 aliphatic carbocycles. The first kappa shape index (κ1) is 16.2. The average Bonchev–Trinajstić information content (AvgIpc) is 2.44. The van der Waals surface area contributed by atoms with Crippen molar-refractivity contribution < 1.29 is 15.0 Å².